The van der Waals surface area contributed by atoms with Gasteiger partial charge in [0, 0.05) is 33.4 Å². The molecule has 0 aliphatic rings. The molecule has 2 aromatic carbocycles. The number of amides is 1. The minimum Gasteiger partial charge on any atom is -0.497 e. The van der Waals surface area contributed by atoms with E-state index in [1.807, 2.05) is 19.1 Å². The van der Waals surface area contributed by atoms with Crippen LogP contribution in [0.4, 0.5) is 5.69 Å². The Morgan fingerprint density at radius 3 is 2.29 bits per heavy atom. The number of anilines is 1. The topological polar surface area (TPSA) is 47.6 Å². The average molecular weight is 366 g/mol. The summed E-state index contributed by atoms with van der Waals surface area (Å²) in [6, 6.07) is 10.3. The van der Waals surface area contributed by atoms with E-state index in [9.17, 15) is 4.79 Å². The van der Waals surface area contributed by atoms with Crippen molar-refractivity contribution in [1.82, 2.24) is 0 Å². The van der Waals surface area contributed by atoms with E-state index in [0.29, 0.717) is 27.2 Å². The van der Waals surface area contributed by atoms with Gasteiger partial charge in [-0.25, -0.2) is 0 Å². The molecule has 0 unspecified atom stereocenters. The minimum absolute atomic E-state index is 0.288. The summed E-state index contributed by atoms with van der Waals surface area (Å²) in [7, 11) is 3.15. The maximum atomic E-state index is 12.2. The third kappa shape index (κ3) is 4.66. The molecule has 0 radical (unpaired) electrons. The molecule has 0 saturated heterocycles. The van der Waals surface area contributed by atoms with Gasteiger partial charge >= 0.3 is 0 Å². The van der Waals surface area contributed by atoms with E-state index in [2.05, 4.69) is 5.32 Å². The van der Waals surface area contributed by atoms with E-state index in [1.165, 1.54) is 6.08 Å². The van der Waals surface area contributed by atoms with Crippen LogP contribution in [0.5, 0.6) is 11.5 Å². The number of benzene rings is 2. The molecule has 2 aromatic rings. The Morgan fingerprint density at radius 2 is 1.71 bits per heavy atom. The van der Waals surface area contributed by atoms with Crippen LogP contribution < -0.4 is 14.8 Å². The molecule has 24 heavy (non-hydrogen) atoms. The highest BCUT2D eigenvalue weighted by molar-refractivity contribution is 6.35. The maximum Gasteiger partial charge on any atom is 0.248 e. The zero-order chi connectivity index (χ0) is 17.7. The molecule has 0 heterocycles. The second-order valence-electron chi connectivity index (χ2n) is 5.04. The number of carbonyl (C=O) groups excluding carboxylic acids is 1. The molecule has 6 heteroatoms. The van der Waals surface area contributed by atoms with Crippen LogP contribution in [-0.2, 0) is 4.79 Å². The molecule has 2 rings (SSSR count). The molecular weight excluding hydrogens is 349 g/mol. The molecule has 0 fully saturated rings. The first-order valence-corrected chi connectivity index (χ1v) is 7.86. The molecule has 0 aromatic heterocycles. The average Bonchev–Trinajstić information content (AvgIpc) is 2.52. The van der Waals surface area contributed by atoms with Gasteiger partial charge in [-0.1, -0.05) is 23.2 Å². The monoisotopic (exact) mass is 365 g/mol. The standard InChI is InChI=1S/C18H17Cl2NO3/c1-11(16-5-4-15(23-2)10-17(16)24-3)6-18(22)21-14-8-12(19)7-13(20)9-14/h4-10H,1-3H3,(H,21,22)/b11-6+. The van der Waals surface area contributed by atoms with Gasteiger partial charge in [0.15, 0.2) is 0 Å². The van der Waals surface area contributed by atoms with E-state index in [0.717, 1.165) is 11.1 Å². The van der Waals surface area contributed by atoms with Gasteiger partial charge in [-0.15, -0.1) is 0 Å². The largest absolute Gasteiger partial charge is 0.497 e. The number of carbonyl (C=O) groups is 1. The van der Waals surface area contributed by atoms with Gasteiger partial charge in [-0.2, -0.15) is 0 Å². The Morgan fingerprint density at radius 1 is 1.04 bits per heavy atom. The second kappa shape index (κ2) is 8.08. The van der Waals surface area contributed by atoms with Crippen LogP contribution in [0.2, 0.25) is 10.0 Å². The molecular formula is C18H17Cl2NO3. The quantitative estimate of drug-likeness (QED) is 0.753. The number of rotatable bonds is 5. The van der Waals surface area contributed by atoms with Crippen molar-refractivity contribution in [1.29, 1.82) is 0 Å². The third-order valence-corrected chi connectivity index (χ3v) is 3.75. The first-order valence-electron chi connectivity index (χ1n) is 7.10. The second-order valence-corrected chi connectivity index (χ2v) is 5.91. The highest BCUT2D eigenvalue weighted by Gasteiger charge is 2.09. The predicted molar refractivity (Wildman–Crippen MR) is 98.3 cm³/mol. The maximum absolute atomic E-state index is 12.2. The Hall–Kier alpha value is -2.17. The lowest BCUT2D eigenvalue weighted by Gasteiger charge is -2.11. The summed E-state index contributed by atoms with van der Waals surface area (Å²) in [5.74, 6) is 1.02. The van der Waals surface area contributed by atoms with Crippen molar-refractivity contribution in [3.05, 3.63) is 58.1 Å². The lowest BCUT2D eigenvalue weighted by molar-refractivity contribution is -0.111. The van der Waals surface area contributed by atoms with Crippen molar-refractivity contribution in [3.8, 4) is 11.5 Å². The van der Waals surface area contributed by atoms with Crippen LogP contribution in [0.3, 0.4) is 0 Å². The van der Waals surface area contributed by atoms with E-state index >= 15 is 0 Å². The Balaban J connectivity index is 2.22. The van der Waals surface area contributed by atoms with E-state index in [4.69, 9.17) is 32.7 Å². The predicted octanol–water partition coefficient (Wildman–Crippen LogP) is 5.05. The van der Waals surface area contributed by atoms with Gasteiger partial charge < -0.3 is 14.8 Å². The molecule has 0 spiro atoms. The summed E-state index contributed by atoms with van der Waals surface area (Å²) in [5, 5.41) is 3.64. The normalized spacial score (nSPS) is 11.1. The molecule has 1 N–H and O–H groups in total. The number of hydrogen-bond acceptors (Lipinski definition) is 3. The molecule has 1 amide bonds. The first kappa shape index (κ1) is 18.2. The number of halogens is 2. The smallest absolute Gasteiger partial charge is 0.248 e. The summed E-state index contributed by atoms with van der Waals surface area (Å²) in [6.45, 7) is 1.83. The molecule has 0 atom stereocenters. The van der Waals surface area contributed by atoms with E-state index in [-0.39, 0.29) is 5.91 Å². The van der Waals surface area contributed by atoms with Crippen LogP contribution in [0.25, 0.3) is 5.57 Å². The summed E-state index contributed by atoms with van der Waals surface area (Å²) in [4.78, 5) is 12.2. The van der Waals surface area contributed by atoms with Crippen LogP contribution in [0.15, 0.2) is 42.5 Å². The van der Waals surface area contributed by atoms with Crippen molar-refractivity contribution in [2.45, 2.75) is 6.92 Å². The number of methoxy groups -OCH3 is 2. The summed E-state index contributed by atoms with van der Waals surface area (Å²) in [6.07, 6.45) is 1.49. The molecule has 0 aliphatic carbocycles. The van der Waals surface area contributed by atoms with Crippen molar-refractivity contribution < 1.29 is 14.3 Å². The molecule has 126 valence electrons. The van der Waals surface area contributed by atoms with Gasteiger partial charge in [0.05, 0.1) is 14.2 Å². The number of hydrogen-bond donors (Lipinski definition) is 1. The zero-order valence-corrected chi connectivity index (χ0v) is 15.0. The molecule has 0 saturated carbocycles. The highest BCUT2D eigenvalue weighted by Crippen LogP contribution is 2.30. The van der Waals surface area contributed by atoms with Crippen molar-refractivity contribution >= 4 is 40.4 Å². The fourth-order valence-electron chi connectivity index (χ4n) is 2.20. The van der Waals surface area contributed by atoms with Crippen molar-refractivity contribution in [2.24, 2.45) is 0 Å². The van der Waals surface area contributed by atoms with Crippen molar-refractivity contribution in [2.75, 3.05) is 19.5 Å². The van der Waals surface area contributed by atoms with E-state index in [1.54, 1.807) is 38.5 Å². The summed E-state index contributed by atoms with van der Waals surface area (Å²) < 4.78 is 10.5. The van der Waals surface area contributed by atoms with Gasteiger partial charge in [0.25, 0.3) is 0 Å². The fraction of sp³-hybridized carbons (Fsp3) is 0.167. The van der Waals surface area contributed by atoms with Crippen LogP contribution in [0.1, 0.15) is 12.5 Å². The lowest BCUT2D eigenvalue weighted by atomic mass is 10.1. The summed E-state index contributed by atoms with van der Waals surface area (Å²) in [5.41, 5.74) is 2.08. The highest BCUT2D eigenvalue weighted by atomic mass is 35.5. The van der Waals surface area contributed by atoms with Gasteiger partial charge in [0.2, 0.25) is 5.91 Å². The minimum atomic E-state index is -0.288. The van der Waals surface area contributed by atoms with Gasteiger partial charge in [-0.05, 0) is 42.8 Å². The Labute approximate surface area is 151 Å². The van der Waals surface area contributed by atoms with E-state index < -0.39 is 0 Å². The molecule has 0 bridgehead atoms. The summed E-state index contributed by atoms with van der Waals surface area (Å²) >= 11 is 11.8. The Bertz CT molecular complexity index is 768. The zero-order valence-electron chi connectivity index (χ0n) is 13.5. The SMILES string of the molecule is COc1ccc(/C(C)=C/C(=O)Nc2cc(Cl)cc(Cl)c2)c(OC)c1. The van der Waals surface area contributed by atoms with Crippen LogP contribution in [-0.4, -0.2) is 20.1 Å². The van der Waals surface area contributed by atoms with Gasteiger partial charge in [0.1, 0.15) is 11.5 Å². The molecule has 4 nitrogen and oxygen atoms in total. The Kier molecular flexibility index (Phi) is 6.12. The van der Waals surface area contributed by atoms with Gasteiger partial charge in [-0.3, -0.25) is 4.79 Å². The molecule has 0 aliphatic heterocycles. The number of allylic oxidation sites excluding steroid dienone is 1. The number of ether oxygens (including phenoxy) is 2. The van der Waals surface area contributed by atoms with Crippen molar-refractivity contribution in [3.63, 3.8) is 0 Å². The fourth-order valence-corrected chi connectivity index (χ4v) is 2.73. The third-order valence-electron chi connectivity index (χ3n) is 3.31. The van der Waals surface area contributed by atoms with Crippen LogP contribution >= 0.6 is 23.2 Å². The lowest BCUT2D eigenvalue weighted by Crippen LogP contribution is -2.08. The first-order chi connectivity index (χ1) is 11.4. The van der Waals surface area contributed by atoms with Crippen LogP contribution in [0, 0.1) is 0 Å². The number of nitrogens with one attached hydrogen (secondary N) is 1.